The lowest BCUT2D eigenvalue weighted by atomic mass is 10.1. The van der Waals surface area contributed by atoms with Crippen LogP contribution in [0.15, 0.2) is 103 Å². The Kier molecular flexibility index (Phi) is 9.81. The van der Waals surface area contributed by atoms with Gasteiger partial charge in [-0.15, -0.1) is 0 Å². The quantitative estimate of drug-likeness (QED) is 0.234. The van der Waals surface area contributed by atoms with Crippen molar-refractivity contribution >= 4 is 29.7 Å². The maximum atomic E-state index is 15.6. The lowest BCUT2D eigenvalue weighted by Crippen LogP contribution is -2.66. The normalized spacial score (nSPS) is 14.8. The van der Waals surface area contributed by atoms with Gasteiger partial charge in [-0.25, -0.2) is 13.3 Å². The molecule has 0 aliphatic rings. The van der Waals surface area contributed by atoms with Gasteiger partial charge in [-0.1, -0.05) is 112 Å². The van der Waals surface area contributed by atoms with Crippen LogP contribution in [0.5, 0.6) is 0 Å². The molecule has 0 saturated heterocycles. The Bertz CT molecular complexity index is 1130. The molecule has 0 radical (unpaired) electrons. The molecule has 0 aliphatic carbocycles. The SMILES string of the molecule is CC(C)(C)S(=O)N[C@H](/C(F)=C/CCO[Si](c1ccccc1)(c1ccccc1)C(C)(C)C)c1ccccc1. The lowest BCUT2D eigenvalue weighted by molar-refractivity contribution is 0.303. The molecule has 3 nitrogen and oxygen atoms in total. The van der Waals surface area contributed by atoms with Gasteiger partial charge in [-0.05, 0) is 54.2 Å². The van der Waals surface area contributed by atoms with E-state index in [4.69, 9.17) is 4.43 Å². The largest absolute Gasteiger partial charge is 0.407 e. The smallest absolute Gasteiger partial charge is 0.261 e. The van der Waals surface area contributed by atoms with Crippen molar-refractivity contribution < 1.29 is 13.0 Å². The Labute approximate surface area is 225 Å². The molecule has 3 aromatic rings. The fraction of sp³-hybridized carbons (Fsp3) is 0.355. The summed E-state index contributed by atoms with van der Waals surface area (Å²) in [6, 6.07) is 29.4. The van der Waals surface area contributed by atoms with Crippen LogP contribution in [-0.2, 0) is 15.4 Å². The van der Waals surface area contributed by atoms with Crippen molar-refractivity contribution in [1.82, 2.24) is 4.72 Å². The minimum Gasteiger partial charge on any atom is -0.407 e. The zero-order chi connectivity index (χ0) is 27.1. The Morgan fingerprint density at radius 2 is 1.32 bits per heavy atom. The highest BCUT2D eigenvalue weighted by molar-refractivity contribution is 7.84. The van der Waals surface area contributed by atoms with Crippen molar-refractivity contribution in [2.75, 3.05) is 6.61 Å². The van der Waals surface area contributed by atoms with E-state index in [0.29, 0.717) is 13.0 Å². The zero-order valence-corrected chi connectivity index (χ0v) is 24.6. The van der Waals surface area contributed by atoms with E-state index in [1.165, 1.54) is 10.4 Å². The number of benzene rings is 3. The minimum atomic E-state index is -2.68. The van der Waals surface area contributed by atoms with Crippen LogP contribution in [0.3, 0.4) is 0 Å². The second-order valence-corrected chi connectivity index (χ2v) is 17.5. The Morgan fingerprint density at radius 1 is 0.865 bits per heavy atom. The summed E-state index contributed by atoms with van der Waals surface area (Å²) in [5.41, 5.74) is 0.738. The van der Waals surface area contributed by atoms with Crippen LogP contribution in [0, 0.1) is 0 Å². The summed E-state index contributed by atoms with van der Waals surface area (Å²) in [6.07, 6.45) is 1.98. The van der Waals surface area contributed by atoms with Gasteiger partial charge in [-0.2, -0.15) is 0 Å². The summed E-state index contributed by atoms with van der Waals surface area (Å²) in [5, 5.41) is 2.25. The van der Waals surface area contributed by atoms with Crippen LogP contribution < -0.4 is 15.1 Å². The Balaban J connectivity index is 1.88. The molecule has 1 N–H and O–H groups in total. The standard InChI is InChI=1S/C31H40FNO2SSi/c1-30(2,3)36(34)33-29(25-17-10-7-11-18-25)28(32)23-16-24-35-37(31(4,5)6,26-19-12-8-13-20-26)27-21-14-9-15-22-27/h7-15,17-23,29,33H,16,24H2,1-6H3/b28-23-/t29-,36?/m0/s1. The van der Waals surface area contributed by atoms with Gasteiger partial charge >= 0.3 is 0 Å². The molecule has 0 spiro atoms. The van der Waals surface area contributed by atoms with Crippen molar-refractivity contribution in [3.63, 3.8) is 0 Å². The third kappa shape index (κ3) is 7.14. The van der Waals surface area contributed by atoms with E-state index < -0.39 is 30.1 Å². The van der Waals surface area contributed by atoms with Crippen molar-refractivity contribution in [3.05, 3.63) is 108 Å². The second-order valence-electron chi connectivity index (χ2n) is 11.2. The van der Waals surface area contributed by atoms with Gasteiger partial charge in [0.15, 0.2) is 0 Å². The van der Waals surface area contributed by atoms with Crippen LogP contribution in [0.2, 0.25) is 5.04 Å². The first-order valence-electron chi connectivity index (χ1n) is 12.8. The highest BCUT2D eigenvalue weighted by Gasteiger charge is 2.49. The molecule has 37 heavy (non-hydrogen) atoms. The molecule has 198 valence electrons. The molecule has 0 aromatic heterocycles. The molecule has 1 unspecified atom stereocenters. The minimum absolute atomic E-state index is 0.143. The zero-order valence-electron chi connectivity index (χ0n) is 22.8. The summed E-state index contributed by atoms with van der Waals surface area (Å²) in [4.78, 5) is 0. The fourth-order valence-corrected chi connectivity index (χ4v) is 9.90. The van der Waals surface area contributed by atoms with E-state index in [9.17, 15) is 4.21 Å². The highest BCUT2D eigenvalue weighted by atomic mass is 32.2. The number of hydrogen-bond acceptors (Lipinski definition) is 2. The predicted molar refractivity (Wildman–Crippen MR) is 158 cm³/mol. The summed E-state index contributed by atoms with van der Waals surface area (Å²) >= 11 is 0. The van der Waals surface area contributed by atoms with Gasteiger partial charge in [0.05, 0.1) is 21.8 Å². The average molecular weight is 538 g/mol. The molecular formula is C31H40FNO2SSi. The first-order chi connectivity index (χ1) is 17.5. The van der Waals surface area contributed by atoms with E-state index in [2.05, 4.69) is 74.0 Å². The van der Waals surface area contributed by atoms with Crippen molar-refractivity contribution in [3.8, 4) is 0 Å². The molecule has 0 amide bonds. The van der Waals surface area contributed by atoms with Gasteiger partial charge < -0.3 is 4.43 Å². The molecule has 6 heteroatoms. The molecule has 2 atom stereocenters. The van der Waals surface area contributed by atoms with Crippen LogP contribution in [0.4, 0.5) is 4.39 Å². The fourth-order valence-electron chi connectivity index (χ4n) is 4.50. The monoisotopic (exact) mass is 537 g/mol. The van der Waals surface area contributed by atoms with E-state index in [1.807, 2.05) is 63.2 Å². The summed E-state index contributed by atoms with van der Waals surface area (Å²) in [5.74, 6) is -0.352. The van der Waals surface area contributed by atoms with E-state index in [0.717, 1.165) is 5.56 Å². The van der Waals surface area contributed by atoms with Crippen molar-refractivity contribution in [2.24, 2.45) is 0 Å². The topological polar surface area (TPSA) is 38.3 Å². The molecule has 3 rings (SSSR count). The third-order valence-corrected chi connectivity index (χ3v) is 13.0. The van der Waals surface area contributed by atoms with Crippen LogP contribution >= 0.6 is 0 Å². The lowest BCUT2D eigenvalue weighted by Gasteiger charge is -2.43. The first-order valence-corrected chi connectivity index (χ1v) is 15.9. The van der Waals surface area contributed by atoms with Crippen LogP contribution in [-0.4, -0.2) is 23.9 Å². The van der Waals surface area contributed by atoms with Crippen molar-refractivity contribution in [2.45, 2.75) is 63.8 Å². The Morgan fingerprint density at radius 3 is 1.76 bits per heavy atom. The third-order valence-electron chi connectivity index (χ3n) is 6.38. The average Bonchev–Trinajstić information content (AvgIpc) is 2.87. The molecule has 0 saturated carbocycles. The summed E-state index contributed by atoms with van der Waals surface area (Å²) < 4.78 is 37.8. The van der Waals surface area contributed by atoms with Crippen LogP contribution in [0.1, 0.15) is 59.6 Å². The van der Waals surface area contributed by atoms with Gasteiger partial charge in [0, 0.05) is 6.61 Å². The number of halogens is 1. The molecule has 0 aliphatic heterocycles. The van der Waals surface area contributed by atoms with Crippen molar-refractivity contribution in [1.29, 1.82) is 0 Å². The maximum absolute atomic E-state index is 15.6. The summed E-state index contributed by atoms with van der Waals surface area (Å²) in [6.45, 7) is 12.7. The van der Waals surface area contributed by atoms with Gasteiger partial charge in [0.1, 0.15) is 5.83 Å². The first kappa shape index (κ1) is 29.2. The van der Waals surface area contributed by atoms with Gasteiger partial charge in [0.2, 0.25) is 0 Å². The Hall–Kier alpha value is -2.38. The molecule has 0 heterocycles. The van der Waals surface area contributed by atoms with Gasteiger partial charge in [-0.3, -0.25) is 0 Å². The maximum Gasteiger partial charge on any atom is 0.261 e. The summed E-state index contributed by atoms with van der Waals surface area (Å²) in [7, 11) is -4.11. The molecule has 0 bridgehead atoms. The highest BCUT2D eigenvalue weighted by Crippen LogP contribution is 2.37. The molecule has 0 fully saturated rings. The molecular weight excluding hydrogens is 497 g/mol. The van der Waals surface area contributed by atoms with E-state index in [1.54, 1.807) is 6.08 Å². The van der Waals surface area contributed by atoms with Crippen LogP contribution in [0.25, 0.3) is 0 Å². The predicted octanol–water partition coefficient (Wildman–Crippen LogP) is 6.60. The van der Waals surface area contributed by atoms with E-state index >= 15 is 4.39 Å². The van der Waals surface area contributed by atoms with Gasteiger partial charge in [0.25, 0.3) is 8.32 Å². The number of nitrogens with one attached hydrogen (secondary N) is 1. The number of hydrogen-bond donors (Lipinski definition) is 1. The molecule has 3 aromatic carbocycles. The van der Waals surface area contributed by atoms with E-state index in [-0.39, 0.29) is 10.9 Å². The number of rotatable bonds is 10. The second kappa shape index (κ2) is 12.4.